The molecule has 1 fully saturated rings. The number of amides is 2. The lowest BCUT2D eigenvalue weighted by atomic mass is 10.0. The molecule has 3 rings (SSSR count). The van der Waals surface area contributed by atoms with Crippen LogP contribution in [0.3, 0.4) is 0 Å². The van der Waals surface area contributed by atoms with Gasteiger partial charge in [-0.15, -0.1) is 11.3 Å². The number of urea groups is 1. The first-order valence-electron chi connectivity index (χ1n) is 8.30. The van der Waals surface area contributed by atoms with Crippen molar-refractivity contribution in [2.24, 2.45) is 0 Å². The van der Waals surface area contributed by atoms with E-state index >= 15 is 0 Å². The van der Waals surface area contributed by atoms with Crippen LogP contribution in [0.2, 0.25) is 0 Å². The predicted octanol–water partition coefficient (Wildman–Crippen LogP) is 2.89. The monoisotopic (exact) mass is 347 g/mol. The Morgan fingerprint density at radius 2 is 2.04 bits per heavy atom. The molecular formula is C17H25N5OS. The zero-order chi connectivity index (χ0) is 17.4. The summed E-state index contributed by atoms with van der Waals surface area (Å²) in [5, 5.41) is 1.17. The summed E-state index contributed by atoms with van der Waals surface area (Å²) in [5.74, 6) is 1.01. The van der Waals surface area contributed by atoms with Crippen molar-refractivity contribution in [3.05, 3.63) is 16.8 Å². The molecule has 1 unspecified atom stereocenters. The van der Waals surface area contributed by atoms with Crippen molar-refractivity contribution in [2.75, 3.05) is 39.1 Å². The lowest BCUT2D eigenvalue weighted by molar-refractivity contribution is 0.157. The van der Waals surface area contributed by atoms with Gasteiger partial charge in [0.25, 0.3) is 0 Å². The van der Waals surface area contributed by atoms with Gasteiger partial charge in [0.1, 0.15) is 17.0 Å². The molecule has 7 heteroatoms. The normalized spacial score (nSPS) is 18.0. The van der Waals surface area contributed by atoms with Crippen LogP contribution in [0.5, 0.6) is 0 Å². The molecule has 2 aromatic rings. The largest absolute Gasteiger partial charge is 0.354 e. The molecule has 130 valence electrons. The van der Waals surface area contributed by atoms with E-state index in [4.69, 9.17) is 0 Å². The van der Waals surface area contributed by atoms with E-state index in [-0.39, 0.29) is 12.1 Å². The molecule has 2 aromatic heterocycles. The third-order valence-corrected chi connectivity index (χ3v) is 5.99. The SMILES string of the molecule is Cc1sc2ncnc(N3CCCC(N(C)C(=O)N(C)C)C3)c2c1C. The zero-order valence-electron chi connectivity index (χ0n) is 15.0. The number of carbonyl (C=O) groups is 1. The number of aryl methyl sites for hydroxylation is 2. The van der Waals surface area contributed by atoms with Gasteiger partial charge in [0.15, 0.2) is 0 Å². The van der Waals surface area contributed by atoms with Gasteiger partial charge in [-0.3, -0.25) is 0 Å². The van der Waals surface area contributed by atoms with E-state index in [1.54, 1.807) is 36.7 Å². The highest BCUT2D eigenvalue weighted by atomic mass is 32.1. The van der Waals surface area contributed by atoms with Crippen LogP contribution in [0.1, 0.15) is 23.3 Å². The molecule has 0 radical (unpaired) electrons. The molecule has 3 heterocycles. The number of hydrogen-bond acceptors (Lipinski definition) is 5. The molecule has 0 aliphatic carbocycles. The van der Waals surface area contributed by atoms with E-state index in [0.29, 0.717) is 0 Å². The Hall–Kier alpha value is -1.89. The van der Waals surface area contributed by atoms with Gasteiger partial charge < -0.3 is 14.7 Å². The van der Waals surface area contributed by atoms with Crippen molar-refractivity contribution in [3.8, 4) is 0 Å². The van der Waals surface area contributed by atoms with E-state index in [9.17, 15) is 4.79 Å². The van der Waals surface area contributed by atoms with Crippen molar-refractivity contribution >= 4 is 33.4 Å². The van der Waals surface area contributed by atoms with E-state index in [2.05, 4.69) is 28.7 Å². The lowest BCUT2D eigenvalue weighted by Crippen LogP contribution is -2.51. The molecule has 1 aliphatic heterocycles. The van der Waals surface area contributed by atoms with E-state index in [0.717, 1.165) is 36.6 Å². The number of piperidine rings is 1. The maximum absolute atomic E-state index is 12.3. The smallest absolute Gasteiger partial charge is 0.319 e. The topological polar surface area (TPSA) is 52.6 Å². The van der Waals surface area contributed by atoms with Gasteiger partial charge in [-0.2, -0.15) is 0 Å². The van der Waals surface area contributed by atoms with Crippen LogP contribution in [0.25, 0.3) is 10.2 Å². The van der Waals surface area contributed by atoms with E-state index < -0.39 is 0 Å². The van der Waals surface area contributed by atoms with E-state index in [1.807, 2.05) is 11.9 Å². The van der Waals surface area contributed by atoms with Crippen molar-refractivity contribution in [1.82, 2.24) is 19.8 Å². The van der Waals surface area contributed by atoms with Crippen LogP contribution in [0.4, 0.5) is 10.6 Å². The molecule has 0 bridgehead atoms. The van der Waals surface area contributed by atoms with Crippen LogP contribution in [-0.2, 0) is 0 Å². The first-order valence-corrected chi connectivity index (χ1v) is 9.11. The van der Waals surface area contributed by atoms with Crippen LogP contribution in [0.15, 0.2) is 6.33 Å². The van der Waals surface area contributed by atoms with Crippen molar-refractivity contribution in [1.29, 1.82) is 0 Å². The number of nitrogens with zero attached hydrogens (tertiary/aromatic N) is 5. The van der Waals surface area contributed by atoms with Crippen LogP contribution in [0, 0.1) is 13.8 Å². The Morgan fingerprint density at radius 3 is 2.75 bits per heavy atom. The average molecular weight is 347 g/mol. The molecule has 1 saturated heterocycles. The first kappa shape index (κ1) is 17.0. The van der Waals surface area contributed by atoms with Crippen LogP contribution < -0.4 is 4.90 Å². The van der Waals surface area contributed by atoms with Crippen molar-refractivity contribution < 1.29 is 4.79 Å². The second-order valence-corrected chi connectivity index (χ2v) is 7.89. The highest BCUT2D eigenvalue weighted by Gasteiger charge is 2.29. The lowest BCUT2D eigenvalue weighted by Gasteiger charge is -2.39. The summed E-state index contributed by atoms with van der Waals surface area (Å²) in [4.78, 5) is 29.4. The van der Waals surface area contributed by atoms with Gasteiger partial charge in [0, 0.05) is 39.1 Å². The minimum absolute atomic E-state index is 0.0530. The minimum Gasteiger partial charge on any atom is -0.354 e. The van der Waals surface area contributed by atoms with Gasteiger partial charge in [-0.05, 0) is 32.3 Å². The number of fused-ring (bicyclic) bond motifs is 1. The zero-order valence-corrected chi connectivity index (χ0v) is 15.9. The number of likely N-dealkylation sites (N-methyl/N-ethyl adjacent to an activating group) is 1. The predicted molar refractivity (Wildman–Crippen MR) is 99.0 cm³/mol. The quantitative estimate of drug-likeness (QED) is 0.838. The van der Waals surface area contributed by atoms with Crippen LogP contribution >= 0.6 is 11.3 Å². The maximum atomic E-state index is 12.3. The second-order valence-electron chi connectivity index (χ2n) is 6.69. The van der Waals surface area contributed by atoms with Crippen LogP contribution in [-0.4, -0.2) is 66.1 Å². The summed E-state index contributed by atoms with van der Waals surface area (Å²) in [7, 11) is 5.49. The molecular weight excluding hydrogens is 322 g/mol. The highest BCUT2D eigenvalue weighted by Crippen LogP contribution is 2.35. The number of hydrogen-bond donors (Lipinski definition) is 0. The Bertz CT molecular complexity index is 757. The molecule has 0 saturated carbocycles. The Morgan fingerprint density at radius 1 is 1.29 bits per heavy atom. The van der Waals surface area contributed by atoms with Crippen molar-refractivity contribution in [2.45, 2.75) is 32.7 Å². The fourth-order valence-electron chi connectivity index (χ4n) is 3.34. The molecule has 0 spiro atoms. The number of carbonyl (C=O) groups excluding carboxylic acids is 1. The van der Waals surface area contributed by atoms with Gasteiger partial charge >= 0.3 is 6.03 Å². The Labute approximate surface area is 147 Å². The van der Waals surface area contributed by atoms with Gasteiger partial charge in [-0.25, -0.2) is 14.8 Å². The molecule has 2 amide bonds. The first-order chi connectivity index (χ1) is 11.4. The summed E-state index contributed by atoms with van der Waals surface area (Å²) < 4.78 is 0. The number of thiophene rings is 1. The summed E-state index contributed by atoms with van der Waals surface area (Å²) in [6.45, 7) is 6.07. The third kappa shape index (κ3) is 2.92. The minimum atomic E-state index is 0.0530. The Kier molecular flexibility index (Phi) is 4.62. The number of anilines is 1. The Balaban J connectivity index is 1.89. The summed E-state index contributed by atoms with van der Waals surface area (Å²) >= 11 is 1.72. The summed E-state index contributed by atoms with van der Waals surface area (Å²) in [6, 6.07) is 0.260. The van der Waals surface area contributed by atoms with Crippen molar-refractivity contribution in [3.63, 3.8) is 0 Å². The maximum Gasteiger partial charge on any atom is 0.319 e. The van der Waals surface area contributed by atoms with Gasteiger partial charge in [-0.1, -0.05) is 0 Å². The summed E-state index contributed by atoms with van der Waals surface area (Å²) in [5.41, 5.74) is 1.27. The standard InChI is InChI=1S/C17H25N5OS/c1-11-12(2)24-16-14(11)15(18-10-19-16)22-8-6-7-13(9-22)21(5)17(23)20(3)4/h10,13H,6-9H2,1-5H3. The molecule has 1 atom stereocenters. The number of aromatic nitrogens is 2. The fourth-order valence-corrected chi connectivity index (χ4v) is 4.33. The van der Waals surface area contributed by atoms with E-state index in [1.165, 1.54) is 15.8 Å². The summed E-state index contributed by atoms with van der Waals surface area (Å²) in [6.07, 6.45) is 3.75. The highest BCUT2D eigenvalue weighted by molar-refractivity contribution is 7.18. The fraction of sp³-hybridized carbons (Fsp3) is 0.588. The second kappa shape index (κ2) is 6.55. The van der Waals surface area contributed by atoms with Gasteiger partial charge in [0.05, 0.1) is 11.4 Å². The molecule has 0 N–H and O–H groups in total. The third-order valence-electron chi connectivity index (χ3n) is 4.87. The number of rotatable bonds is 2. The molecule has 6 nitrogen and oxygen atoms in total. The average Bonchev–Trinajstić information content (AvgIpc) is 2.88. The molecule has 24 heavy (non-hydrogen) atoms. The van der Waals surface area contributed by atoms with Gasteiger partial charge in [0.2, 0.25) is 0 Å². The molecule has 1 aliphatic rings. The molecule has 0 aromatic carbocycles.